The normalized spacial score (nSPS) is 12.3. The van der Waals surface area contributed by atoms with Crippen LogP contribution in [0.2, 0.25) is 10.0 Å². The molecule has 0 spiro atoms. The Morgan fingerprint density at radius 2 is 1.73 bits per heavy atom. The van der Waals surface area contributed by atoms with Gasteiger partial charge in [0.1, 0.15) is 5.75 Å². The summed E-state index contributed by atoms with van der Waals surface area (Å²) in [5, 5.41) is 2.94. The van der Waals surface area contributed by atoms with Crippen LogP contribution < -0.4 is 10.1 Å². The van der Waals surface area contributed by atoms with Gasteiger partial charge < -0.3 is 10.1 Å². The van der Waals surface area contributed by atoms with Gasteiger partial charge in [0.25, 0.3) is 5.91 Å². The van der Waals surface area contributed by atoms with E-state index in [0.717, 1.165) is 6.07 Å². The van der Waals surface area contributed by atoms with Crippen LogP contribution in [-0.4, -0.2) is 10.9 Å². The highest BCUT2D eigenvalue weighted by Crippen LogP contribution is 2.31. The zero-order valence-corrected chi connectivity index (χ0v) is 16.8. The van der Waals surface area contributed by atoms with Crippen molar-refractivity contribution in [3.63, 3.8) is 0 Å². The maximum atomic E-state index is 12.8. The van der Waals surface area contributed by atoms with E-state index in [-0.39, 0.29) is 17.3 Å². The molecule has 1 atom stereocenters. The average Bonchev–Trinajstić information content (AvgIpc) is 2.72. The molecular formula is C21H15Cl2F3N2O2. The fraction of sp³-hybridized carbons (Fsp3) is 0.143. The summed E-state index contributed by atoms with van der Waals surface area (Å²) in [5.41, 5.74) is -0.261. The third-order valence-corrected chi connectivity index (χ3v) is 4.66. The summed E-state index contributed by atoms with van der Waals surface area (Å²) in [5.74, 6) is -0.0806. The fourth-order valence-electron chi connectivity index (χ4n) is 2.56. The molecule has 9 heteroatoms. The number of ether oxygens (including phenoxy) is 1. The Balaban J connectivity index is 1.76. The van der Waals surface area contributed by atoms with Gasteiger partial charge in [0.05, 0.1) is 22.8 Å². The number of amides is 1. The van der Waals surface area contributed by atoms with Gasteiger partial charge in [-0.3, -0.25) is 9.78 Å². The Bertz CT molecular complexity index is 1010. The summed E-state index contributed by atoms with van der Waals surface area (Å²) >= 11 is 11.8. The van der Waals surface area contributed by atoms with E-state index in [1.54, 1.807) is 54.6 Å². The molecule has 156 valence electrons. The summed E-state index contributed by atoms with van der Waals surface area (Å²) in [6.07, 6.45) is -4.88. The third kappa shape index (κ3) is 5.64. The molecule has 3 aromatic rings. The first kappa shape index (κ1) is 21.9. The second-order valence-electron chi connectivity index (χ2n) is 6.23. The van der Waals surface area contributed by atoms with Crippen LogP contribution in [0.15, 0.2) is 66.9 Å². The van der Waals surface area contributed by atoms with E-state index in [9.17, 15) is 18.0 Å². The van der Waals surface area contributed by atoms with Gasteiger partial charge in [0.2, 0.25) is 6.10 Å². The quantitative estimate of drug-likeness (QED) is 0.508. The van der Waals surface area contributed by atoms with E-state index in [1.807, 2.05) is 0 Å². The van der Waals surface area contributed by atoms with Gasteiger partial charge in [-0.25, -0.2) is 0 Å². The van der Waals surface area contributed by atoms with Gasteiger partial charge in [-0.15, -0.1) is 0 Å². The van der Waals surface area contributed by atoms with E-state index < -0.39 is 23.8 Å². The van der Waals surface area contributed by atoms with Crippen LogP contribution in [0.1, 0.15) is 22.9 Å². The first-order valence-electron chi connectivity index (χ1n) is 8.70. The van der Waals surface area contributed by atoms with Gasteiger partial charge in [-0.1, -0.05) is 53.5 Å². The van der Waals surface area contributed by atoms with E-state index in [2.05, 4.69) is 10.3 Å². The lowest BCUT2D eigenvalue weighted by atomic mass is 10.1. The van der Waals surface area contributed by atoms with Crippen LogP contribution in [0.4, 0.5) is 13.2 Å². The number of benzene rings is 2. The zero-order chi connectivity index (χ0) is 21.7. The van der Waals surface area contributed by atoms with E-state index >= 15 is 0 Å². The smallest absolute Gasteiger partial charge is 0.417 e. The Morgan fingerprint density at radius 1 is 1.07 bits per heavy atom. The molecule has 0 saturated carbocycles. The van der Waals surface area contributed by atoms with Crippen molar-refractivity contribution in [1.82, 2.24) is 10.3 Å². The Labute approximate surface area is 180 Å². The van der Waals surface area contributed by atoms with Crippen molar-refractivity contribution in [2.24, 2.45) is 0 Å². The predicted octanol–water partition coefficient (Wildman–Crippen LogP) is 5.84. The number of hydrogen-bond acceptors (Lipinski definition) is 3. The van der Waals surface area contributed by atoms with Crippen LogP contribution >= 0.6 is 23.2 Å². The largest absolute Gasteiger partial charge is 0.476 e. The number of hydrogen-bond donors (Lipinski definition) is 1. The molecule has 0 aliphatic rings. The van der Waals surface area contributed by atoms with Crippen molar-refractivity contribution < 1.29 is 22.7 Å². The number of carbonyl (C=O) groups excluding carboxylic acids is 1. The third-order valence-electron chi connectivity index (χ3n) is 4.08. The number of halogens is 5. The highest BCUT2D eigenvalue weighted by molar-refractivity contribution is 6.31. The maximum Gasteiger partial charge on any atom is 0.417 e. The molecule has 4 nitrogen and oxygen atoms in total. The van der Waals surface area contributed by atoms with Gasteiger partial charge in [-0.05, 0) is 30.3 Å². The molecule has 2 aromatic carbocycles. The summed E-state index contributed by atoms with van der Waals surface area (Å²) in [6, 6.07) is 16.0. The summed E-state index contributed by atoms with van der Waals surface area (Å²) in [4.78, 5) is 16.5. The number of carbonyl (C=O) groups is 1. The van der Waals surface area contributed by atoms with Crippen LogP contribution in [0.5, 0.6) is 5.75 Å². The molecule has 3 rings (SSSR count). The van der Waals surface area contributed by atoms with Crippen molar-refractivity contribution in [2.45, 2.75) is 18.8 Å². The number of nitrogens with zero attached hydrogens (tertiary/aromatic N) is 1. The summed E-state index contributed by atoms with van der Waals surface area (Å²) in [7, 11) is 0. The monoisotopic (exact) mass is 454 g/mol. The standard InChI is InChI=1S/C21H15Cl2F3N2O2/c22-15-6-8-16(9-7-15)30-19(13-4-2-1-3-5-13)20(29)28-12-18-17(23)10-14(11-27-18)21(24,25)26/h1-11,19H,12H2,(H,28,29). The minimum Gasteiger partial charge on any atom is -0.476 e. The van der Waals surface area contributed by atoms with Crippen molar-refractivity contribution >= 4 is 29.1 Å². The minimum atomic E-state index is -4.55. The molecule has 1 N–H and O–H groups in total. The second kappa shape index (κ2) is 9.36. The minimum absolute atomic E-state index is 0.108. The average molecular weight is 455 g/mol. The van der Waals surface area contributed by atoms with Crippen molar-refractivity contribution in [3.05, 3.63) is 93.7 Å². The van der Waals surface area contributed by atoms with Crippen molar-refractivity contribution in [1.29, 1.82) is 0 Å². The lowest BCUT2D eigenvalue weighted by Gasteiger charge is -2.19. The molecule has 30 heavy (non-hydrogen) atoms. The molecule has 0 bridgehead atoms. The first-order valence-corrected chi connectivity index (χ1v) is 9.46. The van der Waals surface area contributed by atoms with E-state index in [1.165, 1.54) is 0 Å². The van der Waals surface area contributed by atoms with Crippen molar-refractivity contribution in [2.75, 3.05) is 0 Å². The number of pyridine rings is 1. The fourth-order valence-corrected chi connectivity index (χ4v) is 2.92. The number of aromatic nitrogens is 1. The molecule has 1 amide bonds. The van der Waals surface area contributed by atoms with Crippen LogP contribution in [-0.2, 0) is 17.5 Å². The molecule has 0 fully saturated rings. The van der Waals surface area contributed by atoms with Crippen molar-refractivity contribution in [3.8, 4) is 5.75 Å². The first-order chi connectivity index (χ1) is 14.2. The van der Waals surface area contributed by atoms with Gasteiger partial charge in [-0.2, -0.15) is 13.2 Å². The van der Waals surface area contributed by atoms with Gasteiger partial charge >= 0.3 is 6.18 Å². The lowest BCUT2D eigenvalue weighted by molar-refractivity contribution is -0.137. The van der Waals surface area contributed by atoms with E-state index in [0.29, 0.717) is 22.5 Å². The van der Waals surface area contributed by atoms with Gasteiger partial charge in [0.15, 0.2) is 0 Å². The van der Waals surface area contributed by atoms with Crippen LogP contribution in [0, 0.1) is 0 Å². The SMILES string of the molecule is O=C(NCc1ncc(C(F)(F)F)cc1Cl)C(Oc1ccc(Cl)cc1)c1ccccc1. The molecule has 1 unspecified atom stereocenters. The number of nitrogens with one attached hydrogen (secondary N) is 1. The van der Waals surface area contributed by atoms with E-state index in [4.69, 9.17) is 27.9 Å². The Kier molecular flexibility index (Phi) is 6.84. The van der Waals surface area contributed by atoms with Gasteiger partial charge in [0, 0.05) is 16.8 Å². The highest BCUT2D eigenvalue weighted by atomic mass is 35.5. The molecule has 0 aliphatic carbocycles. The lowest BCUT2D eigenvalue weighted by Crippen LogP contribution is -2.32. The summed E-state index contributed by atoms with van der Waals surface area (Å²) in [6.45, 7) is -0.164. The number of rotatable bonds is 6. The molecular weight excluding hydrogens is 440 g/mol. The molecule has 1 aromatic heterocycles. The highest BCUT2D eigenvalue weighted by Gasteiger charge is 2.31. The number of alkyl halides is 3. The topological polar surface area (TPSA) is 51.2 Å². The van der Waals surface area contributed by atoms with Crippen LogP contribution in [0.3, 0.4) is 0 Å². The van der Waals surface area contributed by atoms with Crippen LogP contribution in [0.25, 0.3) is 0 Å². The maximum absolute atomic E-state index is 12.8. The second-order valence-corrected chi connectivity index (χ2v) is 7.07. The molecule has 0 saturated heterocycles. The summed E-state index contributed by atoms with van der Waals surface area (Å²) < 4.78 is 44.1. The zero-order valence-electron chi connectivity index (χ0n) is 15.3. The molecule has 0 aliphatic heterocycles. The Morgan fingerprint density at radius 3 is 2.33 bits per heavy atom. The Hall–Kier alpha value is -2.77. The molecule has 1 heterocycles. The molecule has 0 radical (unpaired) electrons. The predicted molar refractivity (Wildman–Crippen MR) is 107 cm³/mol.